The summed E-state index contributed by atoms with van der Waals surface area (Å²) in [7, 11) is -5.63. The minimum absolute atomic E-state index is 0.0128. The van der Waals surface area contributed by atoms with Crippen molar-refractivity contribution in [2.75, 3.05) is 16.2 Å². The van der Waals surface area contributed by atoms with E-state index in [9.17, 15) is 21.6 Å². The fraction of sp³-hybridized carbons (Fsp3) is 0.556. The average Bonchev–Trinajstić information content (AvgIpc) is 3.19. The second-order valence-electron chi connectivity index (χ2n) is 7.62. The van der Waals surface area contributed by atoms with Crippen molar-refractivity contribution in [1.29, 1.82) is 0 Å². The number of fused-ring (bicyclic) bond motifs is 1. The van der Waals surface area contributed by atoms with Gasteiger partial charge in [0.25, 0.3) is 5.13 Å². The summed E-state index contributed by atoms with van der Waals surface area (Å²) in [4.78, 5) is 2.14. The van der Waals surface area contributed by atoms with Crippen LogP contribution in [0.25, 0.3) is 0 Å². The van der Waals surface area contributed by atoms with E-state index in [2.05, 4.69) is 46.1 Å². The molecule has 0 fully saturated rings. The predicted octanol–water partition coefficient (Wildman–Crippen LogP) is 5.40. The smallest absolute Gasteiger partial charge is 0.368 e. The van der Waals surface area contributed by atoms with Crippen LogP contribution in [0.2, 0.25) is 0 Å². The molecule has 0 aliphatic carbocycles. The fourth-order valence-electron chi connectivity index (χ4n) is 3.50. The summed E-state index contributed by atoms with van der Waals surface area (Å²) in [6.45, 7) is 6.86. The Kier molecular flexibility index (Phi) is 6.84. The maximum atomic E-state index is 13.0. The standard InChI is InChI=1S/C18H23F3N6O2S2/c1-4-13-6-5-12-7-14(23-25-17-24-22-10-30-17)15(26-31(28,29)18(19,20)21)8-16(12)27(13)9-11(2)3/h7-8,10-11,13,26H,4-6,9H2,1-3H3. The molecule has 31 heavy (non-hydrogen) atoms. The van der Waals surface area contributed by atoms with E-state index in [0.717, 1.165) is 29.7 Å². The van der Waals surface area contributed by atoms with Gasteiger partial charge in [-0.3, -0.25) is 4.72 Å². The van der Waals surface area contributed by atoms with Gasteiger partial charge in [0.15, 0.2) is 0 Å². The number of sulfonamides is 1. The van der Waals surface area contributed by atoms with Gasteiger partial charge in [0.2, 0.25) is 0 Å². The number of aryl methyl sites for hydroxylation is 1. The van der Waals surface area contributed by atoms with Crippen molar-refractivity contribution in [2.24, 2.45) is 16.1 Å². The van der Waals surface area contributed by atoms with Gasteiger partial charge in [0.1, 0.15) is 11.2 Å². The first-order chi connectivity index (χ1) is 14.5. The molecule has 1 N–H and O–H groups in total. The Morgan fingerprint density at radius 1 is 1.32 bits per heavy atom. The Morgan fingerprint density at radius 3 is 2.65 bits per heavy atom. The second kappa shape index (κ2) is 9.07. The van der Waals surface area contributed by atoms with E-state index in [1.54, 1.807) is 10.8 Å². The Labute approximate surface area is 182 Å². The van der Waals surface area contributed by atoms with Gasteiger partial charge in [-0.05, 0) is 42.9 Å². The first-order valence-electron chi connectivity index (χ1n) is 9.72. The van der Waals surface area contributed by atoms with Gasteiger partial charge in [-0.15, -0.1) is 20.4 Å². The molecule has 1 aliphatic rings. The number of halogens is 3. The number of alkyl halides is 3. The highest BCUT2D eigenvalue weighted by atomic mass is 32.2. The minimum Gasteiger partial charge on any atom is -0.368 e. The lowest BCUT2D eigenvalue weighted by atomic mass is 9.92. The maximum Gasteiger partial charge on any atom is 0.516 e. The number of nitrogens with one attached hydrogen (secondary N) is 1. The molecular weight excluding hydrogens is 453 g/mol. The monoisotopic (exact) mass is 476 g/mol. The minimum atomic E-state index is -5.63. The molecule has 1 aromatic heterocycles. The molecule has 3 rings (SSSR count). The van der Waals surface area contributed by atoms with Crippen LogP contribution in [0, 0.1) is 5.92 Å². The van der Waals surface area contributed by atoms with E-state index in [4.69, 9.17) is 0 Å². The number of hydrogen-bond acceptors (Lipinski definition) is 8. The van der Waals surface area contributed by atoms with Crippen LogP contribution in [0.4, 0.5) is 35.4 Å². The molecule has 1 unspecified atom stereocenters. The Hall–Kier alpha value is -2.28. The van der Waals surface area contributed by atoms with Crippen LogP contribution < -0.4 is 9.62 Å². The number of benzene rings is 1. The third-order valence-electron chi connectivity index (χ3n) is 4.87. The molecule has 0 radical (unpaired) electrons. The predicted molar refractivity (Wildman–Crippen MR) is 114 cm³/mol. The van der Waals surface area contributed by atoms with Crippen LogP contribution in [-0.4, -0.2) is 36.7 Å². The first kappa shape index (κ1) is 23.4. The molecule has 2 heterocycles. The van der Waals surface area contributed by atoms with Crippen LogP contribution in [0.5, 0.6) is 0 Å². The molecule has 1 aromatic carbocycles. The van der Waals surface area contributed by atoms with E-state index >= 15 is 0 Å². The van der Waals surface area contributed by atoms with Gasteiger partial charge in [-0.2, -0.15) is 21.6 Å². The molecule has 0 saturated heterocycles. The third kappa shape index (κ3) is 5.32. The Balaban J connectivity index is 2.10. The number of aromatic nitrogens is 2. The highest BCUT2D eigenvalue weighted by molar-refractivity contribution is 7.93. The van der Waals surface area contributed by atoms with Crippen LogP contribution >= 0.6 is 11.3 Å². The van der Waals surface area contributed by atoms with Crippen molar-refractivity contribution in [1.82, 2.24) is 10.2 Å². The van der Waals surface area contributed by atoms with Crippen LogP contribution in [0.1, 0.15) is 39.2 Å². The number of nitrogens with zero attached hydrogens (tertiary/aromatic N) is 5. The largest absolute Gasteiger partial charge is 0.516 e. The molecule has 0 saturated carbocycles. The summed E-state index contributed by atoms with van der Waals surface area (Å²) in [6.07, 6.45) is 2.46. The molecule has 1 atom stereocenters. The van der Waals surface area contributed by atoms with Gasteiger partial charge in [0.05, 0.1) is 5.69 Å². The highest BCUT2D eigenvalue weighted by Gasteiger charge is 2.46. The topological polar surface area (TPSA) is 99.9 Å². The summed E-state index contributed by atoms with van der Waals surface area (Å²) >= 11 is 1.10. The SMILES string of the molecule is CCC1CCc2cc(N=Nc3nncs3)c(NS(=O)(=O)C(F)(F)F)cc2N1CC(C)C. The van der Waals surface area contributed by atoms with Gasteiger partial charge >= 0.3 is 15.5 Å². The number of anilines is 2. The summed E-state index contributed by atoms with van der Waals surface area (Å²) < 4.78 is 64.4. The molecule has 0 bridgehead atoms. The van der Waals surface area contributed by atoms with Crippen molar-refractivity contribution in [3.63, 3.8) is 0 Å². The molecule has 1 aliphatic heterocycles. The van der Waals surface area contributed by atoms with Gasteiger partial charge in [-0.25, -0.2) is 0 Å². The van der Waals surface area contributed by atoms with Gasteiger partial charge in [0, 0.05) is 18.3 Å². The quantitative estimate of drug-likeness (QED) is 0.539. The zero-order chi connectivity index (χ0) is 22.8. The van der Waals surface area contributed by atoms with Crippen molar-refractivity contribution in [3.8, 4) is 0 Å². The lowest BCUT2D eigenvalue weighted by Gasteiger charge is -2.40. The fourth-order valence-corrected chi connectivity index (χ4v) is 4.44. The lowest BCUT2D eigenvalue weighted by Crippen LogP contribution is -2.41. The Morgan fingerprint density at radius 2 is 2.06 bits per heavy atom. The summed E-state index contributed by atoms with van der Waals surface area (Å²) in [5.74, 6) is 0.312. The van der Waals surface area contributed by atoms with Crippen molar-refractivity contribution >= 4 is 43.6 Å². The van der Waals surface area contributed by atoms with E-state index in [1.807, 2.05) is 0 Å². The summed E-state index contributed by atoms with van der Waals surface area (Å²) in [6, 6.07) is 3.24. The number of rotatable bonds is 7. The van der Waals surface area contributed by atoms with Crippen molar-refractivity contribution < 1.29 is 21.6 Å². The molecule has 8 nitrogen and oxygen atoms in total. The second-order valence-corrected chi connectivity index (χ2v) is 10.1. The number of azo groups is 1. The van der Waals surface area contributed by atoms with Crippen LogP contribution in [0.15, 0.2) is 27.9 Å². The van der Waals surface area contributed by atoms with Crippen molar-refractivity contribution in [3.05, 3.63) is 23.2 Å². The molecular formula is C18H23F3N6O2S2. The lowest BCUT2D eigenvalue weighted by molar-refractivity contribution is -0.0429. The summed E-state index contributed by atoms with van der Waals surface area (Å²) in [5, 5.41) is 15.4. The number of hydrogen-bond donors (Lipinski definition) is 1. The average molecular weight is 477 g/mol. The van der Waals surface area contributed by atoms with Gasteiger partial charge < -0.3 is 4.90 Å². The zero-order valence-electron chi connectivity index (χ0n) is 17.2. The Bertz CT molecular complexity index is 1040. The van der Waals surface area contributed by atoms with E-state index in [1.165, 1.54) is 11.6 Å². The van der Waals surface area contributed by atoms with Crippen molar-refractivity contribution in [2.45, 2.75) is 51.6 Å². The molecule has 13 heteroatoms. The van der Waals surface area contributed by atoms with Crippen LogP contribution in [-0.2, 0) is 16.4 Å². The molecule has 0 spiro atoms. The van der Waals surface area contributed by atoms with Gasteiger partial charge in [-0.1, -0.05) is 32.1 Å². The van der Waals surface area contributed by atoms with E-state index in [0.29, 0.717) is 24.6 Å². The molecule has 170 valence electrons. The zero-order valence-corrected chi connectivity index (χ0v) is 18.9. The normalized spacial score (nSPS) is 17.4. The van der Waals surface area contributed by atoms with Crippen LogP contribution in [0.3, 0.4) is 0 Å². The van der Waals surface area contributed by atoms with E-state index in [-0.39, 0.29) is 22.5 Å². The molecule has 0 amide bonds. The maximum absolute atomic E-state index is 13.0. The van der Waals surface area contributed by atoms with E-state index < -0.39 is 15.5 Å². The molecule has 2 aromatic rings. The highest BCUT2D eigenvalue weighted by Crippen LogP contribution is 2.41. The third-order valence-corrected chi connectivity index (χ3v) is 6.54. The first-order valence-corrected chi connectivity index (χ1v) is 12.1. The summed E-state index contributed by atoms with van der Waals surface area (Å²) in [5.41, 5.74) is -2.73.